The van der Waals surface area contributed by atoms with Gasteiger partial charge in [-0.2, -0.15) is 0 Å². The van der Waals surface area contributed by atoms with Crippen molar-refractivity contribution >= 4 is 29.1 Å². The Labute approximate surface area is 149 Å². The molecule has 128 valence electrons. The number of benzene rings is 1. The molecule has 0 saturated carbocycles. The van der Waals surface area contributed by atoms with Crippen molar-refractivity contribution in [1.29, 1.82) is 0 Å². The molecule has 0 amide bonds. The molecule has 6 nitrogen and oxygen atoms in total. The first-order valence-corrected chi connectivity index (χ1v) is 7.72. The number of carbonyl (C=O) groups is 2. The van der Waals surface area contributed by atoms with Crippen LogP contribution < -0.4 is 9.47 Å². The summed E-state index contributed by atoms with van der Waals surface area (Å²) in [4.78, 5) is 28.8. The van der Waals surface area contributed by atoms with Crippen molar-refractivity contribution in [2.24, 2.45) is 4.99 Å². The van der Waals surface area contributed by atoms with E-state index in [9.17, 15) is 9.59 Å². The second-order valence-corrected chi connectivity index (χ2v) is 5.65. The van der Waals surface area contributed by atoms with E-state index in [0.717, 1.165) is 6.08 Å². The lowest BCUT2D eigenvalue weighted by atomic mass is 10.1. The van der Waals surface area contributed by atoms with Gasteiger partial charge in [0, 0.05) is 17.2 Å². The van der Waals surface area contributed by atoms with Gasteiger partial charge in [0.25, 0.3) is 0 Å². The molecule has 3 rings (SSSR count). The molecule has 1 aromatic carbocycles. The zero-order valence-corrected chi connectivity index (χ0v) is 14.2. The highest BCUT2D eigenvalue weighted by Crippen LogP contribution is 2.27. The Morgan fingerprint density at radius 1 is 1.32 bits per heavy atom. The minimum absolute atomic E-state index is 0.0925. The number of aliphatic imine (C=N–C) groups is 1. The minimum Gasteiger partial charge on any atom is -0.497 e. The van der Waals surface area contributed by atoms with Gasteiger partial charge in [0.05, 0.1) is 25.5 Å². The molecule has 0 spiro atoms. The molecule has 1 aromatic rings. The molecule has 1 aliphatic carbocycles. The van der Waals surface area contributed by atoms with Gasteiger partial charge in [-0.3, -0.25) is 4.79 Å². The summed E-state index contributed by atoms with van der Waals surface area (Å²) in [6.45, 7) is 0. The molecular formula is C18H14ClNO5. The Morgan fingerprint density at radius 3 is 2.84 bits per heavy atom. The maximum atomic E-state index is 12.5. The van der Waals surface area contributed by atoms with E-state index in [-0.39, 0.29) is 11.3 Å². The number of ether oxygens (including phenoxy) is 3. The lowest BCUT2D eigenvalue weighted by Gasteiger charge is -2.22. The van der Waals surface area contributed by atoms with Crippen LogP contribution >= 0.6 is 11.6 Å². The lowest BCUT2D eigenvalue weighted by molar-refractivity contribution is -0.140. The number of ketones is 1. The second kappa shape index (κ2) is 6.94. The molecule has 0 bridgehead atoms. The first-order chi connectivity index (χ1) is 12.0. The van der Waals surface area contributed by atoms with Crippen LogP contribution in [0.3, 0.4) is 0 Å². The van der Waals surface area contributed by atoms with Crippen molar-refractivity contribution in [3.63, 3.8) is 0 Å². The van der Waals surface area contributed by atoms with Gasteiger partial charge in [0.15, 0.2) is 17.6 Å². The third-order valence-corrected chi connectivity index (χ3v) is 3.88. The predicted molar refractivity (Wildman–Crippen MR) is 92.4 cm³/mol. The second-order valence-electron chi connectivity index (χ2n) is 5.21. The average molecular weight is 360 g/mol. The SMILES string of the molecule is COc1ccc(C(=O)/C=C2/N=C3C=C(Cl)C=CC3OC2=O)c(OC)c1. The van der Waals surface area contributed by atoms with E-state index >= 15 is 0 Å². The van der Waals surface area contributed by atoms with Gasteiger partial charge in [-0.25, -0.2) is 9.79 Å². The standard InChI is InChI=1S/C18H14ClNO5/c1-23-11-4-5-12(17(8-11)24-2)15(21)9-14-18(22)25-16-6-3-10(19)7-13(16)20-14/h3-9,16H,1-2H3/b14-9+. The summed E-state index contributed by atoms with van der Waals surface area (Å²) >= 11 is 5.93. The van der Waals surface area contributed by atoms with Crippen molar-refractivity contribution in [2.75, 3.05) is 14.2 Å². The molecule has 2 aliphatic rings. The fraction of sp³-hybridized carbons (Fsp3) is 0.167. The Bertz CT molecular complexity index is 866. The topological polar surface area (TPSA) is 74.2 Å². The number of hydrogen-bond donors (Lipinski definition) is 0. The smallest absolute Gasteiger partial charge is 0.358 e. The molecular weight excluding hydrogens is 346 g/mol. The molecule has 1 aliphatic heterocycles. The van der Waals surface area contributed by atoms with Gasteiger partial charge in [0.2, 0.25) is 0 Å². The highest BCUT2D eigenvalue weighted by molar-refractivity contribution is 6.34. The molecule has 1 heterocycles. The Morgan fingerprint density at radius 2 is 2.12 bits per heavy atom. The lowest BCUT2D eigenvalue weighted by Crippen LogP contribution is -2.31. The van der Waals surface area contributed by atoms with Crippen molar-refractivity contribution < 1.29 is 23.8 Å². The molecule has 0 aromatic heterocycles. The van der Waals surface area contributed by atoms with Crippen LogP contribution in [-0.4, -0.2) is 37.8 Å². The molecule has 1 atom stereocenters. The molecule has 7 heteroatoms. The molecule has 25 heavy (non-hydrogen) atoms. The van der Waals surface area contributed by atoms with Crippen LogP contribution in [0.4, 0.5) is 0 Å². The minimum atomic E-state index is -0.675. The van der Waals surface area contributed by atoms with Crippen molar-refractivity contribution in [3.8, 4) is 11.5 Å². The summed E-state index contributed by atoms with van der Waals surface area (Å²) in [6.07, 6.45) is 5.38. The maximum Gasteiger partial charge on any atom is 0.358 e. The normalized spacial score (nSPS) is 20.4. The van der Waals surface area contributed by atoms with Gasteiger partial charge in [0.1, 0.15) is 11.5 Å². The highest BCUT2D eigenvalue weighted by atomic mass is 35.5. The van der Waals surface area contributed by atoms with Crippen LogP contribution in [0, 0.1) is 0 Å². The fourth-order valence-corrected chi connectivity index (χ4v) is 2.59. The van der Waals surface area contributed by atoms with Crippen molar-refractivity contribution in [3.05, 3.63) is 58.8 Å². The fourth-order valence-electron chi connectivity index (χ4n) is 2.40. The zero-order valence-electron chi connectivity index (χ0n) is 13.5. The predicted octanol–water partition coefficient (Wildman–Crippen LogP) is 2.83. The van der Waals surface area contributed by atoms with Gasteiger partial charge in [-0.15, -0.1) is 0 Å². The summed E-state index contributed by atoms with van der Waals surface area (Å²) in [7, 11) is 2.96. The van der Waals surface area contributed by atoms with E-state index in [0.29, 0.717) is 22.2 Å². The quantitative estimate of drug-likeness (QED) is 0.469. The third-order valence-electron chi connectivity index (χ3n) is 3.64. The van der Waals surface area contributed by atoms with Crippen LogP contribution in [0.1, 0.15) is 10.4 Å². The van der Waals surface area contributed by atoms with Crippen LogP contribution in [0.25, 0.3) is 0 Å². The maximum absolute atomic E-state index is 12.5. The van der Waals surface area contributed by atoms with Crippen LogP contribution in [0.15, 0.2) is 58.2 Å². The summed E-state index contributed by atoms with van der Waals surface area (Å²) in [5, 5.41) is 0.468. The van der Waals surface area contributed by atoms with Gasteiger partial charge < -0.3 is 14.2 Å². The molecule has 0 radical (unpaired) electrons. The number of hydrogen-bond acceptors (Lipinski definition) is 6. The summed E-state index contributed by atoms with van der Waals surface area (Å²) < 4.78 is 15.6. The summed E-state index contributed by atoms with van der Waals surface area (Å²) in [6, 6.07) is 4.77. The highest BCUT2D eigenvalue weighted by Gasteiger charge is 2.28. The number of fused-ring (bicyclic) bond motifs is 1. The van der Waals surface area contributed by atoms with Gasteiger partial charge >= 0.3 is 5.97 Å². The van der Waals surface area contributed by atoms with Crippen LogP contribution in [-0.2, 0) is 9.53 Å². The van der Waals surface area contributed by atoms with Crippen molar-refractivity contribution in [2.45, 2.75) is 6.10 Å². The number of esters is 1. The van der Waals surface area contributed by atoms with E-state index in [1.165, 1.54) is 14.2 Å². The first-order valence-electron chi connectivity index (χ1n) is 7.35. The zero-order chi connectivity index (χ0) is 18.0. The summed E-state index contributed by atoms with van der Waals surface area (Å²) in [5.74, 6) is -0.226. The number of carbonyl (C=O) groups excluding carboxylic acids is 2. The van der Waals surface area contributed by atoms with Crippen molar-refractivity contribution in [1.82, 2.24) is 0 Å². The van der Waals surface area contributed by atoms with Crippen LogP contribution in [0.5, 0.6) is 11.5 Å². The van der Waals surface area contributed by atoms with E-state index in [1.54, 1.807) is 36.4 Å². The molecule has 0 N–H and O–H groups in total. The third kappa shape index (κ3) is 3.49. The summed E-state index contributed by atoms with van der Waals surface area (Å²) in [5.41, 5.74) is 0.654. The Hall–Kier alpha value is -2.86. The van der Waals surface area contributed by atoms with E-state index in [1.807, 2.05) is 0 Å². The molecule has 0 saturated heterocycles. The Balaban J connectivity index is 1.95. The van der Waals surface area contributed by atoms with E-state index < -0.39 is 17.9 Å². The first kappa shape index (κ1) is 17.0. The van der Waals surface area contributed by atoms with Gasteiger partial charge in [-0.1, -0.05) is 11.6 Å². The molecule has 0 fully saturated rings. The number of rotatable bonds is 4. The van der Waals surface area contributed by atoms with Crippen LogP contribution in [0.2, 0.25) is 0 Å². The Kier molecular flexibility index (Phi) is 4.72. The number of allylic oxidation sites excluding steroid dienone is 3. The number of methoxy groups -OCH3 is 2. The monoisotopic (exact) mass is 359 g/mol. The van der Waals surface area contributed by atoms with E-state index in [2.05, 4.69) is 4.99 Å². The van der Waals surface area contributed by atoms with Gasteiger partial charge in [-0.05, 0) is 30.4 Å². The molecule has 1 unspecified atom stereocenters. The number of nitrogens with zero attached hydrogens (tertiary/aromatic N) is 1. The van der Waals surface area contributed by atoms with E-state index in [4.69, 9.17) is 25.8 Å². The average Bonchev–Trinajstić information content (AvgIpc) is 2.62. The number of halogens is 1. The largest absolute Gasteiger partial charge is 0.497 e.